The number of anilines is 2. The monoisotopic (exact) mass is 382 g/mol. The number of allylic oxidation sites excluding steroid dienone is 1. The predicted octanol–water partition coefficient (Wildman–Crippen LogP) is 4.27. The van der Waals surface area contributed by atoms with E-state index in [0.29, 0.717) is 18.7 Å². The molecule has 0 bridgehead atoms. The molecule has 2 aromatic rings. The summed E-state index contributed by atoms with van der Waals surface area (Å²) in [6, 6.07) is 9.02. The Morgan fingerprint density at radius 3 is 2.58 bits per heavy atom. The van der Waals surface area contributed by atoms with Gasteiger partial charge in [-0.1, -0.05) is 29.8 Å². The second kappa shape index (κ2) is 7.25. The Morgan fingerprint density at radius 2 is 1.96 bits per heavy atom. The number of rotatable bonds is 4. The lowest BCUT2D eigenvalue weighted by atomic mass is 10.1. The van der Waals surface area contributed by atoms with Crippen LogP contribution in [0.5, 0.6) is 0 Å². The van der Waals surface area contributed by atoms with Gasteiger partial charge in [-0.2, -0.15) is 18.2 Å². The highest BCUT2D eigenvalue weighted by atomic mass is 35.5. The third-order valence-corrected chi connectivity index (χ3v) is 3.74. The summed E-state index contributed by atoms with van der Waals surface area (Å²) < 4.78 is 43.5. The molecule has 0 fully saturated rings. The standard InChI is InChI=1S/C17H14ClF3N4O/c18-14-7-11(17(19,20)21)8-15(25-14)23-12-4-1-10(2-5-12)3-6-13-9-26-16(22)24-13/h1-2,4-8H,3,9H2,(H2,22,24)(H,23,25)/b13-6+. The number of aliphatic imine (C=N–C) groups is 1. The number of halogens is 4. The lowest BCUT2D eigenvalue weighted by molar-refractivity contribution is -0.137. The molecule has 0 saturated carbocycles. The number of hydrogen-bond acceptors (Lipinski definition) is 5. The van der Waals surface area contributed by atoms with E-state index in [2.05, 4.69) is 15.3 Å². The Kier molecular flexibility index (Phi) is 5.03. The molecule has 0 spiro atoms. The smallest absolute Gasteiger partial charge is 0.416 e. The lowest BCUT2D eigenvalue weighted by Gasteiger charge is -2.11. The Labute approximate surface area is 152 Å². The van der Waals surface area contributed by atoms with Crippen molar-refractivity contribution in [1.82, 2.24) is 4.98 Å². The number of hydrogen-bond donors (Lipinski definition) is 2. The molecule has 1 aromatic heterocycles. The molecule has 0 amide bonds. The number of pyridine rings is 1. The average Bonchev–Trinajstić information content (AvgIpc) is 2.98. The van der Waals surface area contributed by atoms with Gasteiger partial charge in [0, 0.05) is 5.69 Å². The van der Waals surface area contributed by atoms with Gasteiger partial charge >= 0.3 is 6.18 Å². The summed E-state index contributed by atoms with van der Waals surface area (Å²) >= 11 is 5.67. The van der Waals surface area contributed by atoms with Crippen molar-refractivity contribution in [2.24, 2.45) is 10.7 Å². The second-order valence-electron chi connectivity index (χ2n) is 5.52. The van der Waals surface area contributed by atoms with Gasteiger partial charge < -0.3 is 15.8 Å². The Morgan fingerprint density at radius 1 is 1.23 bits per heavy atom. The Hall–Kier alpha value is -2.74. The van der Waals surface area contributed by atoms with Crippen molar-refractivity contribution >= 4 is 29.1 Å². The largest absolute Gasteiger partial charge is 0.459 e. The molecule has 0 radical (unpaired) electrons. The lowest BCUT2D eigenvalue weighted by Crippen LogP contribution is -2.09. The van der Waals surface area contributed by atoms with E-state index in [1.54, 1.807) is 12.1 Å². The van der Waals surface area contributed by atoms with Gasteiger partial charge in [0.25, 0.3) is 6.02 Å². The number of nitrogens with one attached hydrogen (secondary N) is 1. The van der Waals surface area contributed by atoms with Gasteiger partial charge in [-0.05, 0) is 36.2 Å². The number of ether oxygens (including phenoxy) is 1. The SMILES string of the molecule is NC1=N/C(=C/Cc2ccc(Nc3cc(C(F)(F)F)cc(Cl)n3)cc2)CO1. The number of benzene rings is 1. The highest BCUT2D eigenvalue weighted by Crippen LogP contribution is 2.32. The van der Waals surface area contributed by atoms with Crippen LogP contribution in [0.4, 0.5) is 24.7 Å². The molecule has 9 heteroatoms. The van der Waals surface area contributed by atoms with Gasteiger partial charge in [0.2, 0.25) is 0 Å². The summed E-state index contributed by atoms with van der Waals surface area (Å²) in [6.07, 6.45) is -1.96. The van der Waals surface area contributed by atoms with Crippen LogP contribution in [0.2, 0.25) is 5.15 Å². The molecule has 0 saturated heterocycles. The van der Waals surface area contributed by atoms with Crippen molar-refractivity contribution in [1.29, 1.82) is 0 Å². The number of amidine groups is 1. The Bertz CT molecular complexity index is 863. The van der Waals surface area contributed by atoms with E-state index in [1.165, 1.54) is 0 Å². The van der Waals surface area contributed by atoms with Crippen LogP contribution in [0.25, 0.3) is 0 Å². The summed E-state index contributed by atoms with van der Waals surface area (Å²) in [7, 11) is 0. The fourth-order valence-electron chi connectivity index (χ4n) is 2.29. The molecule has 5 nitrogen and oxygen atoms in total. The normalized spacial score (nSPS) is 15.7. The molecule has 3 rings (SSSR count). The highest BCUT2D eigenvalue weighted by Gasteiger charge is 2.31. The van der Waals surface area contributed by atoms with Crippen LogP contribution in [-0.4, -0.2) is 17.6 Å². The molecule has 1 aromatic carbocycles. The van der Waals surface area contributed by atoms with E-state index < -0.39 is 11.7 Å². The summed E-state index contributed by atoms with van der Waals surface area (Å²) in [6.45, 7) is 0.355. The maximum atomic E-state index is 12.8. The van der Waals surface area contributed by atoms with Gasteiger partial charge in [-0.15, -0.1) is 0 Å². The fourth-order valence-corrected chi connectivity index (χ4v) is 2.50. The van der Waals surface area contributed by atoms with Crippen molar-refractivity contribution in [3.63, 3.8) is 0 Å². The topological polar surface area (TPSA) is 72.5 Å². The summed E-state index contributed by atoms with van der Waals surface area (Å²) in [5.74, 6) is 0.0209. The van der Waals surface area contributed by atoms with Crippen LogP contribution < -0.4 is 11.1 Å². The van der Waals surface area contributed by atoms with Crippen LogP contribution >= 0.6 is 11.6 Å². The van der Waals surface area contributed by atoms with Crippen LogP contribution in [0.15, 0.2) is 53.2 Å². The van der Waals surface area contributed by atoms with E-state index in [4.69, 9.17) is 22.1 Å². The predicted molar refractivity (Wildman–Crippen MR) is 93.3 cm³/mol. The van der Waals surface area contributed by atoms with Crippen molar-refractivity contribution in [3.8, 4) is 0 Å². The van der Waals surface area contributed by atoms with Crippen LogP contribution in [0.3, 0.4) is 0 Å². The zero-order chi connectivity index (χ0) is 18.7. The zero-order valence-electron chi connectivity index (χ0n) is 13.3. The quantitative estimate of drug-likeness (QED) is 0.775. The maximum Gasteiger partial charge on any atom is 0.416 e. The molecule has 3 N–H and O–H groups in total. The average molecular weight is 383 g/mol. The molecule has 0 atom stereocenters. The Balaban J connectivity index is 1.69. The van der Waals surface area contributed by atoms with E-state index in [1.807, 2.05) is 18.2 Å². The second-order valence-corrected chi connectivity index (χ2v) is 5.91. The van der Waals surface area contributed by atoms with E-state index in [9.17, 15) is 13.2 Å². The molecular formula is C17H14ClF3N4O. The first-order chi connectivity index (χ1) is 12.3. The first kappa shape index (κ1) is 18.1. The number of alkyl halides is 3. The number of nitrogens with zero attached hydrogens (tertiary/aromatic N) is 2. The molecule has 136 valence electrons. The molecule has 1 aliphatic rings. The third kappa shape index (κ3) is 4.66. The molecule has 2 heterocycles. The third-order valence-electron chi connectivity index (χ3n) is 3.54. The van der Waals surface area contributed by atoms with Gasteiger partial charge in [0.1, 0.15) is 17.6 Å². The number of nitrogens with two attached hydrogens (primary N) is 1. The van der Waals surface area contributed by atoms with Crippen molar-refractivity contribution in [2.45, 2.75) is 12.6 Å². The van der Waals surface area contributed by atoms with E-state index >= 15 is 0 Å². The van der Waals surface area contributed by atoms with Gasteiger partial charge in [-0.3, -0.25) is 0 Å². The van der Waals surface area contributed by atoms with Crippen molar-refractivity contribution in [2.75, 3.05) is 11.9 Å². The maximum absolute atomic E-state index is 12.8. The zero-order valence-corrected chi connectivity index (χ0v) is 14.1. The summed E-state index contributed by atoms with van der Waals surface area (Å²) in [5.41, 5.74) is 6.92. The minimum Gasteiger partial charge on any atom is -0.459 e. The van der Waals surface area contributed by atoms with Crippen LogP contribution in [-0.2, 0) is 17.3 Å². The molecule has 1 aliphatic heterocycles. The summed E-state index contributed by atoms with van der Waals surface area (Å²) in [4.78, 5) is 7.89. The van der Waals surface area contributed by atoms with E-state index in [0.717, 1.165) is 23.4 Å². The van der Waals surface area contributed by atoms with Gasteiger partial charge in [-0.25, -0.2) is 4.98 Å². The fraction of sp³-hybridized carbons (Fsp3) is 0.176. The highest BCUT2D eigenvalue weighted by molar-refractivity contribution is 6.29. The van der Waals surface area contributed by atoms with Crippen LogP contribution in [0, 0.1) is 0 Å². The molecular weight excluding hydrogens is 369 g/mol. The van der Waals surface area contributed by atoms with Crippen molar-refractivity contribution in [3.05, 3.63) is 64.5 Å². The first-order valence-corrected chi connectivity index (χ1v) is 7.94. The molecule has 0 unspecified atom stereocenters. The first-order valence-electron chi connectivity index (χ1n) is 7.56. The minimum atomic E-state index is -4.49. The van der Waals surface area contributed by atoms with Crippen molar-refractivity contribution < 1.29 is 17.9 Å². The molecule has 26 heavy (non-hydrogen) atoms. The molecule has 0 aliphatic carbocycles. The minimum absolute atomic E-state index is 0.0209. The van der Waals surface area contributed by atoms with Gasteiger partial charge in [0.15, 0.2) is 0 Å². The number of aromatic nitrogens is 1. The van der Waals surface area contributed by atoms with Gasteiger partial charge in [0.05, 0.1) is 11.3 Å². The summed E-state index contributed by atoms with van der Waals surface area (Å²) in [5, 5.41) is 2.59. The van der Waals surface area contributed by atoms with Crippen LogP contribution in [0.1, 0.15) is 11.1 Å². The van der Waals surface area contributed by atoms with E-state index in [-0.39, 0.29) is 17.0 Å².